The first-order valence-electron chi connectivity index (χ1n) is 7.13. The van der Waals surface area contributed by atoms with E-state index in [1.54, 1.807) is 0 Å². The van der Waals surface area contributed by atoms with Gasteiger partial charge in [0.15, 0.2) is 0 Å². The molecule has 21 heavy (non-hydrogen) atoms. The Morgan fingerprint density at radius 1 is 1.43 bits per heavy atom. The highest BCUT2D eigenvalue weighted by Crippen LogP contribution is 2.27. The Labute approximate surface area is 124 Å². The van der Waals surface area contributed by atoms with Gasteiger partial charge in [-0.15, -0.1) is 4.28 Å². The van der Waals surface area contributed by atoms with E-state index in [1.165, 1.54) is 0 Å². The SMILES string of the molecule is CCCCOC1=C2CCCCC2=[N+](OS(=O)(=O)O)C(N)N1. The molecule has 9 heteroatoms. The summed E-state index contributed by atoms with van der Waals surface area (Å²) in [7, 11) is -4.62. The number of fused-ring (bicyclic) bond motifs is 1. The van der Waals surface area contributed by atoms with E-state index in [0.29, 0.717) is 24.6 Å². The molecule has 0 aromatic heterocycles. The van der Waals surface area contributed by atoms with Crippen molar-refractivity contribution in [3.05, 3.63) is 11.5 Å². The van der Waals surface area contributed by atoms with Gasteiger partial charge < -0.3 is 4.74 Å². The summed E-state index contributed by atoms with van der Waals surface area (Å²) >= 11 is 0. The molecule has 1 aliphatic carbocycles. The Morgan fingerprint density at radius 2 is 2.14 bits per heavy atom. The minimum absolute atomic E-state index is 0.571. The zero-order chi connectivity index (χ0) is 15.5. The largest absolute Gasteiger partial charge is 0.499 e. The van der Waals surface area contributed by atoms with Crippen LogP contribution in [0, 0.1) is 0 Å². The second-order valence-corrected chi connectivity index (χ2v) is 6.09. The third-order valence-corrected chi connectivity index (χ3v) is 3.78. The maximum atomic E-state index is 11.0. The Bertz CT molecular complexity index is 555. The Kier molecular flexibility index (Phi) is 5.07. The lowest BCUT2D eigenvalue weighted by molar-refractivity contribution is -0.777. The maximum Gasteiger partial charge on any atom is 0.499 e. The fourth-order valence-electron chi connectivity index (χ4n) is 2.47. The molecule has 8 nitrogen and oxygen atoms in total. The molecule has 4 N–H and O–H groups in total. The first kappa shape index (κ1) is 16.1. The molecule has 1 atom stereocenters. The van der Waals surface area contributed by atoms with Crippen LogP contribution in [0.3, 0.4) is 0 Å². The van der Waals surface area contributed by atoms with E-state index in [1.807, 2.05) is 0 Å². The highest BCUT2D eigenvalue weighted by molar-refractivity contribution is 7.80. The van der Waals surface area contributed by atoms with Crippen molar-refractivity contribution >= 4 is 16.1 Å². The lowest BCUT2D eigenvalue weighted by Gasteiger charge is -2.26. The molecule has 2 aliphatic rings. The first-order valence-corrected chi connectivity index (χ1v) is 8.49. The average molecular weight is 320 g/mol. The standard InChI is InChI=1S/C12H21N3O5S/c1-2-3-8-19-11-9-6-4-5-7-10(9)15(12(13)14-11)20-21(16,17)18/h12H,2-8,13H2,1H3,(H,16,17,18)/p+1. The zero-order valence-electron chi connectivity index (χ0n) is 12.0. The Hall–Kier alpha value is -1.32. The maximum absolute atomic E-state index is 11.0. The summed E-state index contributed by atoms with van der Waals surface area (Å²) in [4.78, 5) is 0. The van der Waals surface area contributed by atoms with Crippen LogP contribution in [0.4, 0.5) is 0 Å². The molecule has 0 aromatic rings. The van der Waals surface area contributed by atoms with Crippen molar-refractivity contribution in [2.75, 3.05) is 6.61 Å². The summed E-state index contributed by atoms with van der Waals surface area (Å²) < 4.78 is 42.1. The summed E-state index contributed by atoms with van der Waals surface area (Å²) in [6.45, 7) is 2.64. The van der Waals surface area contributed by atoms with Gasteiger partial charge in [0, 0.05) is 11.2 Å². The number of rotatable bonds is 6. The fraction of sp³-hybridized carbons (Fsp3) is 0.750. The van der Waals surface area contributed by atoms with Crippen molar-refractivity contribution in [1.29, 1.82) is 0 Å². The van der Waals surface area contributed by atoms with Gasteiger partial charge in [-0.3, -0.25) is 9.87 Å². The summed E-state index contributed by atoms with van der Waals surface area (Å²) in [5.74, 6) is 0.584. The van der Waals surface area contributed by atoms with Crippen LogP contribution < -0.4 is 11.1 Å². The van der Waals surface area contributed by atoms with Crippen LogP contribution in [-0.2, 0) is 19.4 Å². The third-order valence-electron chi connectivity index (χ3n) is 3.43. The van der Waals surface area contributed by atoms with Crippen LogP contribution in [0.1, 0.15) is 45.4 Å². The molecule has 1 unspecified atom stereocenters. The minimum atomic E-state index is -4.62. The van der Waals surface area contributed by atoms with E-state index in [4.69, 9.17) is 15.0 Å². The van der Waals surface area contributed by atoms with E-state index in [0.717, 1.165) is 42.4 Å². The molecule has 1 heterocycles. The molecule has 0 aromatic carbocycles. The molecule has 0 radical (unpaired) electrons. The second-order valence-electron chi connectivity index (χ2n) is 5.08. The van der Waals surface area contributed by atoms with Gasteiger partial charge in [0.05, 0.1) is 12.2 Å². The third kappa shape index (κ3) is 4.08. The molecular formula is C12H22N3O5S+. The summed E-state index contributed by atoms with van der Waals surface area (Å²) in [6.07, 6.45) is 4.27. The van der Waals surface area contributed by atoms with E-state index in [-0.39, 0.29) is 0 Å². The van der Waals surface area contributed by atoms with Crippen LogP contribution in [0.5, 0.6) is 0 Å². The van der Waals surface area contributed by atoms with E-state index in [9.17, 15) is 8.42 Å². The Morgan fingerprint density at radius 3 is 2.81 bits per heavy atom. The average Bonchev–Trinajstić information content (AvgIpc) is 2.42. The molecular weight excluding hydrogens is 298 g/mol. The van der Waals surface area contributed by atoms with Crippen LogP contribution in [0.2, 0.25) is 0 Å². The highest BCUT2D eigenvalue weighted by Gasteiger charge is 2.40. The van der Waals surface area contributed by atoms with Crippen molar-refractivity contribution in [3.63, 3.8) is 0 Å². The van der Waals surface area contributed by atoms with Crippen LogP contribution >= 0.6 is 0 Å². The minimum Gasteiger partial charge on any atom is -0.479 e. The summed E-state index contributed by atoms with van der Waals surface area (Å²) in [6, 6.07) is 0. The lowest BCUT2D eigenvalue weighted by atomic mass is 9.92. The molecule has 1 aliphatic heterocycles. The number of hydrogen-bond acceptors (Lipinski definition) is 6. The fourth-order valence-corrected chi connectivity index (χ4v) is 2.85. The lowest BCUT2D eigenvalue weighted by Crippen LogP contribution is -2.54. The summed E-state index contributed by atoms with van der Waals surface area (Å²) in [5.41, 5.74) is 7.38. The molecule has 120 valence electrons. The van der Waals surface area contributed by atoms with Gasteiger partial charge in [0.1, 0.15) is 0 Å². The first-order chi connectivity index (χ1) is 9.92. The normalized spacial score (nSPS) is 22.7. The number of ether oxygens (including phenoxy) is 1. The van der Waals surface area contributed by atoms with Crippen molar-refractivity contribution in [2.45, 2.75) is 51.7 Å². The van der Waals surface area contributed by atoms with Gasteiger partial charge in [0.2, 0.25) is 11.6 Å². The smallest absolute Gasteiger partial charge is 0.479 e. The quantitative estimate of drug-likeness (QED) is 0.373. The van der Waals surface area contributed by atoms with Gasteiger partial charge in [-0.25, -0.2) is 5.73 Å². The molecule has 2 rings (SSSR count). The molecule has 1 saturated carbocycles. The number of nitrogens with zero attached hydrogens (tertiary/aromatic N) is 1. The highest BCUT2D eigenvalue weighted by atomic mass is 32.3. The van der Waals surface area contributed by atoms with Gasteiger partial charge in [0.25, 0.3) is 0 Å². The number of hydrogen-bond donors (Lipinski definition) is 3. The van der Waals surface area contributed by atoms with E-state index in [2.05, 4.69) is 16.5 Å². The predicted molar refractivity (Wildman–Crippen MR) is 75.4 cm³/mol. The van der Waals surface area contributed by atoms with Crippen LogP contribution in [0.25, 0.3) is 0 Å². The van der Waals surface area contributed by atoms with Crippen molar-refractivity contribution in [2.24, 2.45) is 5.73 Å². The zero-order valence-corrected chi connectivity index (χ0v) is 12.9. The number of unbranched alkanes of at least 4 members (excludes halogenated alkanes) is 1. The number of hydroxylamine groups is 1. The molecule has 0 amide bonds. The van der Waals surface area contributed by atoms with E-state index >= 15 is 0 Å². The van der Waals surface area contributed by atoms with Gasteiger partial charge in [-0.1, -0.05) is 13.3 Å². The molecule has 0 saturated heterocycles. The Balaban J connectivity index is 2.30. The summed E-state index contributed by atoms with van der Waals surface area (Å²) in [5, 5.41) is 2.89. The van der Waals surface area contributed by atoms with Gasteiger partial charge in [-0.05, 0) is 25.7 Å². The van der Waals surface area contributed by atoms with Crippen molar-refractivity contribution in [1.82, 2.24) is 5.32 Å². The van der Waals surface area contributed by atoms with Gasteiger partial charge >= 0.3 is 16.7 Å². The molecule has 0 bridgehead atoms. The topological polar surface area (TPSA) is 114 Å². The van der Waals surface area contributed by atoms with Crippen LogP contribution in [-0.4, -0.2) is 36.3 Å². The number of nitrogens with two attached hydrogens (primary N) is 1. The monoisotopic (exact) mass is 320 g/mol. The van der Waals surface area contributed by atoms with E-state index < -0.39 is 16.7 Å². The molecule has 0 spiro atoms. The molecule has 1 fully saturated rings. The second kappa shape index (κ2) is 6.63. The number of nitrogens with one attached hydrogen (secondary N) is 1. The van der Waals surface area contributed by atoms with Gasteiger partial charge in [-0.2, -0.15) is 8.42 Å². The van der Waals surface area contributed by atoms with Crippen molar-refractivity contribution < 1.29 is 26.7 Å². The van der Waals surface area contributed by atoms with Crippen molar-refractivity contribution in [3.8, 4) is 0 Å². The van der Waals surface area contributed by atoms with Crippen LogP contribution in [0.15, 0.2) is 11.5 Å². The predicted octanol–water partition coefficient (Wildman–Crippen LogP) is 0.622. The number of allylic oxidation sites excluding steroid dienone is 1.